The van der Waals surface area contributed by atoms with Gasteiger partial charge in [-0.1, -0.05) is 92.1 Å². The molecule has 1 fully saturated rings. The Morgan fingerprint density at radius 2 is 1.17 bits per heavy atom. The maximum absolute atomic E-state index is 11.4. The zero-order chi connectivity index (χ0) is 20.6. The largest absolute Gasteiger partial charge is 0.392 e. The Labute approximate surface area is 177 Å². The van der Waals surface area contributed by atoms with E-state index in [1.165, 1.54) is 28.1 Å². The monoisotopic (exact) mass is 396 g/mol. The first-order valence-electron chi connectivity index (χ1n) is 11.0. The van der Waals surface area contributed by atoms with Crippen molar-refractivity contribution in [1.29, 1.82) is 0 Å². The average Bonchev–Trinajstić information content (AvgIpc) is 2.79. The summed E-state index contributed by atoms with van der Waals surface area (Å²) < 4.78 is 0. The van der Waals surface area contributed by atoms with E-state index in [1.807, 2.05) is 6.07 Å². The maximum atomic E-state index is 11.4. The van der Waals surface area contributed by atoms with Crippen LogP contribution in [0.5, 0.6) is 0 Å². The molecular formula is C28H28O2. The number of fused-ring (bicyclic) bond motifs is 2. The lowest BCUT2D eigenvalue weighted by molar-refractivity contribution is 0.00461. The third-order valence-corrected chi connectivity index (χ3v) is 6.75. The highest BCUT2D eigenvalue weighted by Gasteiger charge is 2.31. The molecule has 0 saturated heterocycles. The molecule has 1 aliphatic carbocycles. The molecule has 2 heteroatoms. The number of aliphatic hydroxyl groups excluding tert-OH is 1. The molecule has 1 aliphatic rings. The van der Waals surface area contributed by atoms with E-state index in [1.54, 1.807) is 0 Å². The van der Waals surface area contributed by atoms with Crippen LogP contribution in [0.3, 0.4) is 0 Å². The molecular weight excluding hydrogens is 368 g/mol. The summed E-state index contributed by atoms with van der Waals surface area (Å²) in [5.74, 6) is 0. The van der Waals surface area contributed by atoms with Crippen LogP contribution in [0.15, 0.2) is 72.8 Å². The molecule has 0 amide bonds. The van der Waals surface area contributed by atoms with Crippen molar-refractivity contribution in [3.05, 3.63) is 83.9 Å². The molecule has 5 rings (SSSR count). The lowest BCUT2D eigenvalue weighted by Gasteiger charge is -2.33. The van der Waals surface area contributed by atoms with Crippen LogP contribution in [-0.2, 0) is 13.0 Å². The van der Waals surface area contributed by atoms with E-state index in [-0.39, 0.29) is 6.61 Å². The molecule has 0 heterocycles. The number of benzene rings is 4. The molecule has 0 aromatic heterocycles. The Morgan fingerprint density at radius 1 is 0.633 bits per heavy atom. The fourth-order valence-corrected chi connectivity index (χ4v) is 5.24. The Morgan fingerprint density at radius 3 is 1.77 bits per heavy atom. The van der Waals surface area contributed by atoms with Gasteiger partial charge in [0.2, 0.25) is 0 Å². The van der Waals surface area contributed by atoms with Crippen LogP contribution < -0.4 is 0 Å². The smallest absolute Gasteiger partial charge is 0.0688 e. The van der Waals surface area contributed by atoms with Gasteiger partial charge in [-0.3, -0.25) is 0 Å². The van der Waals surface area contributed by atoms with Gasteiger partial charge in [-0.2, -0.15) is 0 Å². The molecule has 0 spiro atoms. The van der Waals surface area contributed by atoms with E-state index in [0.717, 1.165) is 47.8 Å². The number of aliphatic hydroxyl groups is 2. The normalized spacial score (nSPS) is 16.2. The number of rotatable bonds is 4. The first kappa shape index (κ1) is 19.3. The SMILES string of the molecule is OCc1ccc2ccccc2c1-c1c(CC2(O)CCCCC2)ccc2ccccc12. The first-order valence-corrected chi connectivity index (χ1v) is 11.0. The molecule has 0 atom stereocenters. The van der Waals surface area contributed by atoms with Crippen molar-refractivity contribution in [2.24, 2.45) is 0 Å². The molecule has 30 heavy (non-hydrogen) atoms. The lowest BCUT2D eigenvalue weighted by atomic mass is 9.77. The summed E-state index contributed by atoms with van der Waals surface area (Å²) in [7, 11) is 0. The van der Waals surface area contributed by atoms with Crippen molar-refractivity contribution in [3.63, 3.8) is 0 Å². The number of hydrogen-bond donors (Lipinski definition) is 2. The summed E-state index contributed by atoms with van der Waals surface area (Å²) in [5, 5.41) is 26.3. The van der Waals surface area contributed by atoms with Gasteiger partial charge in [0.1, 0.15) is 0 Å². The molecule has 4 aromatic rings. The minimum absolute atomic E-state index is 0.00685. The van der Waals surface area contributed by atoms with Crippen LogP contribution in [0, 0.1) is 0 Å². The highest BCUT2D eigenvalue weighted by Crippen LogP contribution is 2.42. The number of hydrogen-bond acceptors (Lipinski definition) is 2. The first-order chi connectivity index (χ1) is 14.7. The summed E-state index contributed by atoms with van der Waals surface area (Å²) in [5.41, 5.74) is 3.72. The molecule has 1 saturated carbocycles. The minimum atomic E-state index is -0.639. The predicted molar refractivity (Wildman–Crippen MR) is 125 cm³/mol. The van der Waals surface area contributed by atoms with Crippen molar-refractivity contribution in [3.8, 4) is 11.1 Å². The lowest BCUT2D eigenvalue weighted by Crippen LogP contribution is -2.34. The third-order valence-electron chi connectivity index (χ3n) is 6.75. The van der Waals surface area contributed by atoms with E-state index in [0.29, 0.717) is 6.42 Å². The Hall–Kier alpha value is -2.68. The summed E-state index contributed by atoms with van der Waals surface area (Å²) in [6.07, 6.45) is 5.78. The molecule has 152 valence electrons. The van der Waals surface area contributed by atoms with Crippen molar-refractivity contribution < 1.29 is 10.2 Å². The van der Waals surface area contributed by atoms with Crippen LogP contribution in [0.4, 0.5) is 0 Å². The van der Waals surface area contributed by atoms with E-state index >= 15 is 0 Å². The maximum Gasteiger partial charge on any atom is 0.0688 e. The van der Waals surface area contributed by atoms with Crippen LogP contribution in [0.2, 0.25) is 0 Å². The van der Waals surface area contributed by atoms with Gasteiger partial charge in [0.05, 0.1) is 12.2 Å². The average molecular weight is 397 g/mol. The summed E-state index contributed by atoms with van der Waals surface area (Å²) in [4.78, 5) is 0. The van der Waals surface area contributed by atoms with Gasteiger partial charge in [0.15, 0.2) is 0 Å². The molecule has 2 nitrogen and oxygen atoms in total. The summed E-state index contributed by atoms with van der Waals surface area (Å²) >= 11 is 0. The molecule has 0 bridgehead atoms. The second-order valence-electron chi connectivity index (χ2n) is 8.76. The molecule has 2 N–H and O–H groups in total. The van der Waals surface area contributed by atoms with E-state index < -0.39 is 5.60 Å². The quantitative estimate of drug-likeness (QED) is 0.420. The van der Waals surface area contributed by atoms with E-state index in [2.05, 4.69) is 66.7 Å². The van der Waals surface area contributed by atoms with Gasteiger partial charge in [-0.15, -0.1) is 0 Å². The third kappa shape index (κ3) is 3.40. The van der Waals surface area contributed by atoms with Gasteiger partial charge >= 0.3 is 0 Å². The van der Waals surface area contributed by atoms with Crippen LogP contribution in [0.25, 0.3) is 32.7 Å². The Kier molecular flexibility index (Phi) is 5.06. The van der Waals surface area contributed by atoms with Crippen LogP contribution in [-0.4, -0.2) is 15.8 Å². The van der Waals surface area contributed by atoms with Crippen LogP contribution in [0.1, 0.15) is 43.2 Å². The second-order valence-corrected chi connectivity index (χ2v) is 8.76. The summed E-state index contributed by atoms with van der Waals surface area (Å²) in [6.45, 7) is -0.00685. The second kappa shape index (κ2) is 7.86. The standard InChI is InChI=1S/C28H28O2/c29-19-23-15-13-21-9-3-5-11-25(21)27(23)26-22(18-28(30)16-6-1-7-17-28)14-12-20-8-2-4-10-24(20)26/h2-5,8-15,29-30H,1,6-7,16-19H2. The summed E-state index contributed by atoms with van der Waals surface area (Å²) in [6, 6.07) is 25.3. The fraction of sp³-hybridized carbons (Fsp3) is 0.286. The van der Waals surface area contributed by atoms with Crippen molar-refractivity contribution in [1.82, 2.24) is 0 Å². The topological polar surface area (TPSA) is 40.5 Å². The van der Waals surface area contributed by atoms with Gasteiger partial charge < -0.3 is 10.2 Å². The van der Waals surface area contributed by atoms with Gasteiger partial charge in [-0.05, 0) is 56.6 Å². The highest BCUT2D eigenvalue weighted by atomic mass is 16.3. The van der Waals surface area contributed by atoms with Crippen molar-refractivity contribution in [2.75, 3.05) is 0 Å². The molecule has 0 radical (unpaired) electrons. The molecule has 4 aromatic carbocycles. The minimum Gasteiger partial charge on any atom is -0.392 e. The fourth-order valence-electron chi connectivity index (χ4n) is 5.24. The van der Waals surface area contributed by atoms with Gasteiger partial charge in [-0.25, -0.2) is 0 Å². The Bertz CT molecular complexity index is 1200. The van der Waals surface area contributed by atoms with Crippen LogP contribution >= 0.6 is 0 Å². The van der Waals surface area contributed by atoms with Crippen molar-refractivity contribution >= 4 is 21.5 Å². The zero-order valence-electron chi connectivity index (χ0n) is 17.3. The molecule has 0 aliphatic heterocycles. The Balaban J connectivity index is 1.81. The van der Waals surface area contributed by atoms with E-state index in [4.69, 9.17) is 0 Å². The van der Waals surface area contributed by atoms with E-state index in [9.17, 15) is 10.2 Å². The van der Waals surface area contributed by atoms with Gasteiger partial charge in [0.25, 0.3) is 0 Å². The molecule has 0 unspecified atom stereocenters. The van der Waals surface area contributed by atoms with Gasteiger partial charge in [0, 0.05) is 6.42 Å². The predicted octanol–water partition coefficient (Wildman–Crippen LogP) is 6.39. The highest BCUT2D eigenvalue weighted by molar-refractivity contribution is 6.07. The van der Waals surface area contributed by atoms with Crippen molar-refractivity contribution in [2.45, 2.75) is 50.7 Å². The zero-order valence-corrected chi connectivity index (χ0v) is 17.3.